The minimum Gasteiger partial charge on any atom is -0.466 e. The average Bonchev–Trinajstić information content (AvgIpc) is 3.25. The zero-order valence-electron chi connectivity index (χ0n) is 38.3. The van der Waals surface area contributed by atoms with Gasteiger partial charge in [-0.1, -0.05) is 117 Å². The summed E-state index contributed by atoms with van der Waals surface area (Å²) >= 11 is 3.68. The summed E-state index contributed by atoms with van der Waals surface area (Å²) in [6.45, 7) is 7.47. The molecule has 360 valence electrons. The van der Waals surface area contributed by atoms with Gasteiger partial charge in [0.25, 0.3) is 0 Å². The molecule has 0 spiro atoms. The van der Waals surface area contributed by atoms with Crippen LogP contribution in [0.3, 0.4) is 0 Å². The summed E-state index contributed by atoms with van der Waals surface area (Å²) < 4.78 is 16.3. The molecule has 0 amide bonds. The van der Waals surface area contributed by atoms with Crippen LogP contribution in [0.1, 0.15) is 189 Å². The summed E-state index contributed by atoms with van der Waals surface area (Å²) in [6, 6.07) is 0. The highest BCUT2D eigenvalue weighted by molar-refractivity contribution is 7.99. The Balaban J connectivity index is 2.87. The van der Waals surface area contributed by atoms with E-state index < -0.39 is 34.8 Å². The van der Waals surface area contributed by atoms with E-state index in [9.17, 15) is 43.2 Å². The van der Waals surface area contributed by atoms with Crippen molar-refractivity contribution in [3.05, 3.63) is 31.5 Å². The summed E-state index contributed by atoms with van der Waals surface area (Å²) in [7, 11) is 0. The van der Waals surface area contributed by atoms with E-state index in [1.165, 1.54) is 54.5 Å². The standard InChI is InChI=1S/C45H75N3O12S3/c1-4-7-10-13-16-19-28-58-40(52)25-34-61-31-22-37(49)46-43(55)47(38(50)23-32-62-35-26-41(53)59-29-20-17-14-11-8-5-2)45(57)48(44(46)56)39(51)24-33-63-36-27-42(54)60-30-21-18-15-12-9-6-3/h4-36H2,1-3H3. The zero-order chi connectivity index (χ0) is 46.5. The van der Waals surface area contributed by atoms with Crippen LogP contribution in [-0.2, 0) is 28.6 Å². The lowest BCUT2D eigenvalue weighted by atomic mass is 10.1. The molecule has 0 unspecified atom stereocenters. The number of ether oxygens (including phenoxy) is 3. The predicted molar refractivity (Wildman–Crippen MR) is 254 cm³/mol. The van der Waals surface area contributed by atoms with Gasteiger partial charge in [-0.3, -0.25) is 28.8 Å². The van der Waals surface area contributed by atoms with Crippen molar-refractivity contribution in [2.45, 2.75) is 175 Å². The fourth-order valence-electron chi connectivity index (χ4n) is 6.19. The Bertz CT molecular complexity index is 1460. The molecule has 0 bridgehead atoms. The Morgan fingerprint density at radius 3 is 0.825 bits per heavy atom. The first-order valence-electron chi connectivity index (χ1n) is 23.3. The van der Waals surface area contributed by atoms with Crippen molar-refractivity contribution < 1.29 is 43.0 Å². The Morgan fingerprint density at radius 1 is 0.349 bits per heavy atom. The van der Waals surface area contributed by atoms with Crippen LogP contribution >= 0.6 is 35.3 Å². The number of hydrogen-bond acceptors (Lipinski definition) is 15. The van der Waals surface area contributed by atoms with E-state index in [1.807, 2.05) is 0 Å². The first kappa shape index (κ1) is 57.9. The molecule has 0 saturated carbocycles. The largest absolute Gasteiger partial charge is 0.466 e. The van der Waals surface area contributed by atoms with Crippen molar-refractivity contribution in [1.29, 1.82) is 0 Å². The Morgan fingerprint density at radius 2 is 0.571 bits per heavy atom. The molecule has 1 heterocycles. The molecule has 0 aliphatic heterocycles. The van der Waals surface area contributed by atoms with Crippen LogP contribution in [0.5, 0.6) is 0 Å². The molecule has 1 aromatic rings. The fraction of sp³-hybridized carbons (Fsp3) is 0.800. The molecule has 0 aliphatic carbocycles. The third kappa shape index (κ3) is 27.1. The minimum atomic E-state index is -1.47. The first-order valence-corrected chi connectivity index (χ1v) is 26.8. The van der Waals surface area contributed by atoms with Gasteiger partial charge in [-0.25, -0.2) is 14.4 Å². The van der Waals surface area contributed by atoms with Crippen LogP contribution in [0.2, 0.25) is 0 Å². The minimum absolute atomic E-state index is 0.103. The van der Waals surface area contributed by atoms with Crippen molar-refractivity contribution >= 4 is 70.9 Å². The number of thioether (sulfide) groups is 3. The van der Waals surface area contributed by atoms with Gasteiger partial charge in [0.1, 0.15) is 0 Å². The number of carbonyl (C=O) groups is 6. The van der Waals surface area contributed by atoms with Gasteiger partial charge in [0, 0.05) is 53.8 Å². The second-order valence-corrected chi connectivity index (χ2v) is 19.0. The van der Waals surface area contributed by atoms with Crippen LogP contribution < -0.4 is 17.1 Å². The average molecular weight is 946 g/mol. The van der Waals surface area contributed by atoms with Gasteiger partial charge in [-0.05, 0) is 19.3 Å². The number of rotatable bonds is 39. The highest BCUT2D eigenvalue weighted by Gasteiger charge is 2.26. The van der Waals surface area contributed by atoms with E-state index >= 15 is 0 Å². The predicted octanol–water partition coefficient (Wildman–Crippen LogP) is 8.34. The Kier molecular flexibility index (Phi) is 35.1. The molecule has 63 heavy (non-hydrogen) atoms. The lowest BCUT2D eigenvalue weighted by molar-refractivity contribution is -0.144. The second-order valence-electron chi connectivity index (χ2n) is 15.3. The molecular weight excluding hydrogens is 871 g/mol. The van der Waals surface area contributed by atoms with Crippen molar-refractivity contribution in [2.24, 2.45) is 0 Å². The number of unbranched alkanes of at least 4 members (excludes halogenated alkanes) is 15. The molecule has 0 radical (unpaired) electrons. The van der Waals surface area contributed by atoms with E-state index in [4.69, 9.17) is 14.2 Å². The van der Waals surface area contributed by atoms with Crippen LogP contribution in [0, 0.1) is 0 Å². The molecule has 1 aromatic heterocycles. The van der Waals surface area contributed by atoms with Crippen LogP contribution in [-0.4, -0.2) is 104 Å². The topological polar surface area (TPSA) is 196 Å². The number of hydrogen-bond donors (Lipinski definition) is 0. The monoisotopic (exact) mass is 945 g/mol. The van der Waals surface area contributed by atoms with Gasteiger partial charge in [0.2, 0.25) is 17.7 Å². The zero-order valence-corrected chi connectivity index (χ0v) is 40.7. The lowest BCUT2D eigenvalue weighted by Crippen LogP contribution is -2.59. The summed E-state index contributed by atoms with van der Waals surface area (Å²) in [5.74, 6) is -2.89. The Labute approximate surface area is 386 Å². The molecule has 0 atom stereocenters. The number of nitrogens with zero attached hydrogens (tertiary/aromatic N) is 3. The van der Waals surface area contributed by atoms with Gasteiger partial charge in [-0.15, -0.1) is 0 Å². The highest BCUT2D eigenvalue weighted by atomic mass is 32.2. The maximum absolute atomic E-state index is 13.5. The summed E-state index contributed by atoms with van der Waals surface area (Å²) in [5, 5.41) is 0. The maximum atomic E-state index is 13.5. The van der Waals surface area contributed by atoms with E-state index in [0.717, 1.165) is 96.3 Å². The SMILES string of the molecule is CCCCCCCCOC(=O)CCSCCC(=O)n1c(=O)n(C(=O)CCSCCC(=O)OCCCCCCCC)c(=O)n(C(=O)CCSCCC(=O)OCCCCCCCC)c1=O. The molecule has 18 heteroatoms. The van der Waals surface area contributed by atoms with E-state index in [0.29, 0.717) is 37.1 Å². The smallest absolute Gasteiger partial charge is 0.350 e. The molecule has 0 aromatic carbocycles. The molecule has 1 rings (SSSR count). The van der Waals surface area contributed by atoms with Crippen molar-refractivity contribution in [3.8, 4) is 0 Å². The summed E-state index contributed by atoms with van der Waals surface area (Å²) in [4.78, 5) is 117. The molecule has 0 fully saturated rings. The van der Waals surface area contributed by atoms with E-state index in [2.05, 4.69) is 20.8 Å². The molecule has 0 aliphatic rings. The van der Waals surface area contributed by atoms with Gasteiger partial charge in [0.05, 0.1) is 39.1 Å². The van der Waals surface area contributed by atoms with Crippen LogP contribution in [0.25, 0.3) is 0 Å². The molecule has 0 N–H and O–H groups in total. The maximum Gasteiger partial charge on any atom is 0.350 e. The number of carbonyl (C=O) groups excluding carboxylic acids is 6. The van der Waals surface area contributed by atoms with Gasteiger partial charge < -0.3 is 14.2 Å². The second kappa shape index (κ2) is 38.2. The van der Waals surface area contributed by atoms with Gasteiger partial charge in [-0.2, -0.15) is 49.0 Å². The van der Waals surface area contributed by atoms with Crippen molar-refractivity contribution in [2.75, 3.05) is 54.3 Å². The normalized spacial score (nSPS) is 11.1. The third-order valence-corrected chi connectivity index (χ3v) is 12.9. The lowest BCUT2D eigenvalue weighted by Gasteiger charge is -2.12. The summed E-state index contributed by atoms with van der Waals surface area (Å²) in [5.41, 5.74) is -4.40. The molecular formula is C45H75N3O12S3. The number of esters is 3. The van der Waals surface area contributed by atoms with Crippen LogP contribution in [0.4, 0.5) is 0 Å². The number of aromatic nitrogens is 3. The molecule has 15 nitrogen and oxygen atoms in total. The van der Waals surface area contributed by atoms with Gasteiger partial charge >= 0.3 is 35.0 Å². The quantitative estimate of drug-likeness (QED) is 0.0347. The van der Waals surface area contributed by atoms with Gasteiger partial charge in [0.15, 0.2) is 0 Å². The summed E-state index contributed by atoms with van der Waals surface area (Å²) in [6.07, 6.45) is 18.4. The van der Waals surface area contributed by atoms with Crippen molar-refractivity contribution in [1.82, 2.24) is 13.7 Å². The van der Waals surface area contributed by atoms with E-state index in [1.54, 1.807) is 0 Å². The van der Waals surface area contributed by atoms with E-state index in [-0.39, 0.29) is 87.4 Å². The third-order valence-electron chi connectivity index (χ3n) is 9.91. The fourth-order valence-corrected chi connectivity index (χ4v) is 8.70. The molecule has 0 saturated heterocycles. The highest BCUT2D eigenvalue weighted by Crippen LogP contribution is 2.11. The van der Waals surface area contributed by atoms with Crippen LogP contribution in [0.15, 0.2) is 14.4 Å². The first-order chi connectivity index (χ1) is 30.5. The Hall–Kier alpha value is -3.12. The van der Waals surface area contributed by atoms with Crippen molar-refractivity contribution in [3.63, 3.8) is 0 Å².